The van der Waals surface area contributed by atoms with Crippen LogP contribution in [0.3, 0.4) is 0 Å². The molecule has 8 saturated carbocycles. The van der Waals surface area contributed by atoms with Crippen LogP contribution in [-0.2, 0) is 13.1 Å². The summed E-state index contributed by atoms with van der Waals surface area (Å²) in [5.41, 5.74) is 3.01. The fraction of sp³-hybridized carbons (Fsp3) is 0.936. The van der Waals surface area contributed by atoms with E-state index >= 15 is 0 Å². The van der Waals surface area contributed by atoms with Gasteiger partial charge in [0.1, 0.15) is 0 Å². The van der Waals surface area contributed by atoms with Crippen molar-refractivity contribution in [1.29, 1.82) is 0 Å². The van der Waals surface area contributed by atoms with Crippen molar-refractivity contribution in [3.8, 4) is 0 Å². The zero-order chi connectivity index (χ0) is 72.7. The molecule has 0 spiro atoms. The summed E-state index contributed by atoms with van der Waals surface area (Å²) in [7, 11) is 0. The van der Waals surface area contributed by atoms with Gasteiger partial charge in [-0.1, -0.05) is 83.1 Å². The molecule has 0 amide bonds. The fourth-order valence-corrected chi connectivity index (χ4v) is 24.3. The van der Waals surface area contributed by atoms with Gasteiger partial charge in [-0.3, -0.25) is 19.6 Å². The van der Waals surface area contributed by atoms with Crippen LogP contribution in [0.5, 0.6) is 0 Å². The smallest absolute Gasteiger partial charge is 0.0243 e. The van der Waals surface area contributed by atoms with E-state index < -0.39 is 0 Å². The summed E-state index contributed by atoms with van der Waals surface area (Å²) in [6, 6.07) is 19.7. The summed E-state index contributed by atoms with van der Waals surface area (Å²) in [5.74, 6) is 13.8. The van der Waals surface area contributed by atoms with Crippen LogP contribution in [0.25, 0.3) is 0 Å². The zero-order valence-corrected chi connectivity index (χ0v) is 71.0. The predicted molar refractivity (Wildman–Crippen MR) is 441 cm³/mol. The molecule has 102 heavy (non-hydrogen) atoms. The quantitative estimate of drug-likeness (QED) is 0.241. The maximum absolute atomic E-state index is 2.72. The number of hydrogen-bond acceptors (Lipinski definition) is 8. The van der Waals surface area contributed by atoms with Crippen LogP contribution in [0.2, 0.25) is 0 Å². The lowest BCUT2D eigenvalue weighted by Crippen LogP contribution is -2.51. The van der Waals surface area contributed by atoms with E-state index in [0.29, 0.717) is 6.04 Å². The Morgan fingerprint density at radius 1 is 0.255 bits per heavy atom. The fourth-order valence-electron chi connectivity index (χ4n) is 24.3. The zero-order valence-electron chi connectivity index (χ0n) is 71.0. The molecule has 588 valence electrons. The van der Waals surface area contributed by atoms with Gasteiger partial charge in [0.25, 0.3) is 0 Å². The monoisotopic (exact) mass is 1410 g/mol. The average Bonchev–Trinajstić information content (AvgIpc) is 1.60. The molecule has 0 aromatic heterocycles. The minimum Gasteiger partial charge on any atom is -0.301 e. The van der Waals surface area contributed by atoms with Crippen LogP contribution in [0.1, 0.15) is 348 Å². The normalized spacial score (nSPS) is 36.2. The van der Waals surface area contributed by atoms with E-state index in [-0.39, 0.29) is 0 Å². The second kappa shape index (κ2) is 40.7. The van der Waals surface area contributed by atoms with E-state index in [0.717, 1.165) is 163 Å². The molecule has 11 unspecified atom stereocenters. The third-order valence-electron chi connectivity index (χ3n) is 31.2. The summed E-state index contributed by atoms with van der Waals surface area (Å²) < 4.78 is 0. The van der Waals surface area contributed by atoms with Crippen LogP contribution in [0, 0.1) is 76.9 Å². The van der Waals surface area contributed by atoms with Gasteiger partial charge in [0.15, 0.2) is 0 Å². The topological polar surface area (TPSA) is 25.9 Å². The standard InChI is InChI=1S/C12H23N.3C11H21N.C11H15N.C11H20.C10H19N.C9H17N.C8H15N/c1-10(2)13-8-7-11-5-3-4-6-12(11)9-13;1-9(2)12-7-10-3-4-11(8-12)6-5-10;1-9(2)12-7-6-10-4-3-5-11(10)8-12;2*1-9(2)12-7-10-5-3-4-6-11(10)8-12;1-8(2)10-5-3-9-4-6-11(9)7-10;1-8(2)11-7-9-3-5-10(11)6-4-9;1-7(2)10-8-3-4-9(10)6-5-8;1-6(2)9-7-3-4-8(9)5-7/h10-12H,3-9H2,1-2H3;3*9-11H,3-8H2,1-2H3;3-6,9H,7-8H2,1-2H3;8-11H,3-7H2,1-2H3;8-10H,3-7H2,1-2H3;7-9H,3-6H2,1-2H3;6-8H,3-5H2,1-2H3. The van der Waals surface area contributed by atoms with Gasteiger partial charge in [-0.15, -0.1) is 0 Å². The van der Waals surface area contributed by atoms with E-state index in [2.05, 4.69) is 188 Å². The highest BCUT2D eigenvalue weighted by molar-refractivity contribution is 5.30. The highest BCUT2D eigenvalue weighted by Gasteiger charge is 2.46. The molecular formula is C94H172N8. The van der Waals surface area contributed by atoms with Crippen molar-refractivity contribution in [2.24, 2.45) is 76.9 Å². The highest BCUT2D eigenvalue weighted by atomic mass is 15.3. The number of fused-ring (bicyclic) bond motifs is 15. The maximum Gasteiger partial charge on any atom is 0.0243 e. The van der Waals surface area contributed by atoms with Crippen LogP contribution in [0.15, 0.2) is 24.3 Å². The number of likely N-dealkylation sites (tertiary alicyclic amines) is 3. The van der Waals surface area contributed by atoms with E-state index in [9.17, 15) is 0 Å². The van der Waals surface area contributed by atoms with Gasteiger partial charge in [0, 0.05) is 137 Å². The van der Waals surface area contributed by atoms with Crippen molar-refractivity contribution in [1.82, 2.24) is 39.2 Å². The van der Waals surface area contributed by atoms with E-state index in [1.165, 1.54) is 256 Å². The Balaban J connectivity index is 0.000000124. The second-order valence-corrected chi connectivity index (χ2v) is 40.6. The Morgan fingerprint density at radius 2 is 0.598 bits per heavy atom. The van der Waals surface area contributed by atoms with Crippen molar-refractivity contribution in [3.63, 3.8) is 0 Å². The van der Waals surface area contributed by atoms with Gasteiger partial charge in [0.2, 0.25) is 0 Å². The van der Waals surface area contributed by atoms with Crippen molar-refractivity contribution in [3.05, 3.63) is 35.4 Å². The molecule has 11 saturated heterocycles. The molecule has 1 aromatic carbocycles. The maximum atomic E-state index is 2.72. The van der Waals surface area contributed by atoms with Gasteiger partial charge in [-0.2, -0.15) is 0 Å². The predicted octanol–water partition coefficient (Wildman–Crippen LogP) is 22.3. The molecule has 8 heteroatoms. The summed E-state index contributed by atoms with van der Waals surface area (Å²) in [6.45, 7) is 56.6. The van der Waals surface area contributed by atoms with Crippen LogP contribution >= 0.6 is 0 Å². The number of benzene rings is 1. The highest BCUT2D eigenvalue weighted by Crippen LogP contribution is 2.49. The molecule has 21 rings (SSSR count). The summed E-state index contributed by atoms with van der Waals surface area (Å²) in [4.78, 5) is 21.3. The Labute approximate surface area is 635 Å². The molecule has 0 N–H and O–H groups in total. The first-order valence-electron chi connectivity index (χ1n) is 46.0. The minimum absolute atomic E-state index is 0.664. The number of nitrogens with zero attached hydrogens (tertiary/aromatic N) is 8. The second-order valence-electron chi connectivity index (χ2n) is 40.6. The molecule has 20 aliphatic rings. The van der Waals surface area contributed by atoms with Gasteiger partial charge < -0.3 is 19.6 Å². The molecule has 0 radical (unpaired) electrons. The molecule has 12 aliphatic heterocycles. The Hall–Kier alpha value is -1.10. The van der Waals surface area contributed by atoms with Gasteiger partial charge in [-0.05, 0) is 379 Å². The lowest BCUT2D eigenvalue weighted by Gasteiger charge is -2.47. The van der Waals surface area contributed by atoms with Gasteiger partial charge in [-0.25, -0.2) is 0 Å². The average molecular weight is 1410 g/mol. The van der Waals surface area contributed by atoms with E-state index in [4.69, 9.17) is 0 Å². The third-order valence-corrected chi connectivity index (χ3v) is 31.2. The number of rotatable bonds is 9. The number of piperidine rings is 4. The Bertz CT molecular complexity index is 2380. The molecule has 8 bridgehead atoms. The number of hydrogen-bond donors (Lipinski definition) is 0. The van der Waals surface area contributed by atoms with Crippen LogP contribution in [-0.4, -0.2) is 177 Å². The third kappa shape index (κ3) is 23.5. The van der Waals surface area contributed by atoms with Crippen LogP contribution in [0.4, 0.5) is 0 Å². The van der Waals surface area contributed by atoms with Crippen LogP contribution < -0.4 is 0 Å². The summed E-state index contributed by atoms with van der Waals surface area (Å²) in [5, 5.41) is 0. The molecule has 8 aliphatic carbocycles. The van der Waals surface area contributed by atoms with Crippen molar-refractivity contribution >= 4 is 0 Å². The minimum atomic E-state index is 0.664. The first-order valence-corrected chi connectivity index (χ1v) is 46.0. The molecule has 11 atom stereocenters. The van der Waals surface area contributed by atoms with Gasteiger partial charge >= 0.3 is 0 Å². The van der Waals surface area contributed by atoms with Gasteiger partial charge in [0.05, 0.1) is 0 Å². The Morgan fingerprint density at radius 3 is 0.951 bits per heavy atom. The molecule has 8 nitrogen and oxygen atoms in total. The Kier molecular flexibility index (Phi) is 33.3. The lowest BCUT2D eigenvalue weighted by atomic mass is 9.61. The summed E-state index contributed by atoms with van der Waals surface area (Å²) in [6.07, 6.45) is 49.6. The molecule has 1 aromatic rings. The lowest BCUT2D eigenvalue weighted by molar-refractivity contribution is 0.0250. The SMILES string of the molecule is CC(C)C1CCC2CCC2C1.CC(C)N1C2CCC1C2.CC(C)N1C2CCC1CC2.CC(C)N1CC2CCC(CC2)C1.CC(C)N1CC2CCC1CC2.CC(C)N1CC2CCCCC2C1.CC(C)N1CCC2CCCC2C1.CC(C)N1CCC2CCCCC2C1.CC(C)N1Cc2ccccc2C1. The van der Waals surface area contributed by atoms with E-state index in [1.54, 1.807) is 25.7 Å². The summed E-state index contributed by atoms with van der Waals surface area (Å²) >= 11 is 0. The largest absolute Gasteiger partial charge is 0.301 e. The molecule has 19 fully saturated rings. The van der Waals surface area contributed by atoms with Crippen molar-refractivity contribution in [2.75, 3.05) is 58.9 Å². The molecule has 12 heterocycles. The van der Waals surface area contributed by atoms with Crippen molar-refractivity contribution in [2.45, 2.75) is 428 Å². The first kappa shape index (κ1) is 83.4. The van der Waals surface area contributed by atoms with Crippen molar-refractivity contribution < 1.29 is 0 Å². The van der Waals surface area contributed by atoms with E-state index in [1.807, 2.05) is 0 Å². The first-order chi connectivity index (χ1) is 49.0. The molecular weight excluding hydrogens is 1240 g/mol.